The Labute approximate surface area is 102 Å². The van der Waals surface area contributed by atoms with E-state index in [0.717, 1.165) is 11.8 Å². The van der Waals surface area contributed by atoms with E-state index in [4.69, 9.17) is 0 Å². The average molecular weight is 220 g/mol. The van der Waals surface area contributed by atoms with E-state index in [1.807, 2.05) is 0 Å². The second-order valence-electron chi connectivity index (χ2n) is 5.86. The van der Waals surface area contributed by atoms with Gasteiger partial charge in [0.2, 0.25) is 0 Å². The molecule has 0 fully saturated rings. The Balaban J connectivity index is 0.000000160. The van der Waals surface area contributed by atoms with Gasteiger partial charge in [0.05, 0.1) is 0 Å². The molecule has 0 nitrogen and oxygen atoms in total. The fourth-order valence-electron chi connectivity index (χ4n) is 2.19. The maximum atomic E-state index is 2.37. The minimum absolute atomic E-state index is 0.943. The molecule has 2 atom stereocenters. The predicted molar refractivity (Wildman–Crippen MR) is 73.5 cm³/mol. The van der Waals surface area contributed by atoms with Crippen molar-refractivity contribution in [2.45, 2.75) is 66.2 Å². The van der Waals surface area contributed by atoms with Crippen molar-refractivity contribution in [3.63, 3.8) is 0 Å². The molecule has 2 rings (SSSR count). The lowest BCUT2D eigenvalue weighted by Gasteiger charge is -2.14. The molecular formula is C16H28. The Hall–Kier alpha value is -0.520. The summed E-state index contributed by atoms with van der Waals surface area (Å²) in [6.45, 7) is 9.10. The summed E-state index contributed by atoms with van der Waals surface area (Å²) in [6.07, 6.45) is 12.8. The predicted octanol–water partition coefficient (Wildman–Crippen LogP) is 5.51. The van der Waals surface area contributed by atoms with Gasteiger partial charge in [0, 0.05) is 0 Å². The van der Waals surface area contributed by atoms with Crippen LogP contribution in [-0.2, 0) is 0 Å². The minimum atomic E-state index is 0.943. The van der Waals surface area contributed by atoms with Gasteiger partial charge in [-0.25, -0.2) is 0 Å². The van der Waals surface area contributed by atoms with E-state index in [0.29, 0.717) is 0 Å². The van der Waals surface area contributed by atoms with Crippen molar-refractivity contribution in [1.29, 1.82) is 0 Å². The van der Waals surface area contributed by atoms with Gasteiger partial charge in [0.1, 0.15) is 0 Å². The van der Waals surface area contributed by atoms with Gasteiger partial charge in [-0.2, -0.15) is 0 Å². The van der Waals surface area contributed by atoms with E-state index >= 15 is 0 Å². The van der Waals surface area contributed by atoms with Crippen LogP contribution in [0.5, 0.6) is 0 Å². The molecule has 2 unspecified atom stereocenters. The zero-order chi connectivity index (χ0) is 12.0. The van der Waals surface area contributed by atoms with Crippen LogP contribution in [0.1, 0.15) is 66.2 Å². The SMILES string of the molecule is CC1=CCC(C)CC1.CC1=CCC(C)CC1. The monoisotopic (exact) mass is 220 g/mol. The zero-order valence-corrected chi connectivity index (χ0v) is 11.6. The Bertz CT molecular complexity index is 229. The van der Waals surface area contributed by atoms with Crippen molar-refractivity contribution in [2.24, 2.45) is 11.8 Å². The fraction of sp³-hybridized carbons (Fsp3) is 0.750. The maximum Gasteiger partial charge on any atom is -0.0320 e. The molecule has 0 aromatic heterocycles. The van der Waals surface area contributed by atoms with Gasteiger partial charge in [0.15, 0.2) is 0 Å². The summed E-state index contributed by atoms with van der Waals surface area (Å²) in [7, 11) is 0. The van der Waals surface area contributed by atoms with Crippen molar-refractivity contribution in [3.8, 4) is 0 Å². The van der Waals surface area contributed by atoms with Crippen LogP contribution in [0.15, 0.2) is 23.3 Å². The van der Waals surface area contributed by atoms with Crippen molar-refractivity contribution < 1.29 is 0 Å². The third-order valence-corrected chi connectivity index (χ3v) is 3.80. The second-order valence-corrected chi connectivity index (χ2v) is 5.86. The molecule has 92 valence electrons. The molecule has 0 radical (unpaired) electrons. The maximum absolute atomic E-state index is 2.37. The number of hydrogen-bond donors (Lipinski definition) is 0. The van der Waals surface area contributed by atoms with Gasteiger partial charge >= 0.3 is 0 Å². The van der Waals surface area contributed by atoms with Gasteiger partial charge in [-0.1, -0.05) is 37.1 Å². The number of rotatable bonds is 0. The van der Waals surface area contributed by atoms with E-state index < -0.39 is 0 Å². The smallest absolute Gasteiger partial charge is 0.0320 e. The van der Waals surface area contributed by atoms with Crippen LogP contribution in [0.3, 0.4) is 0 Å². The third kappa shape index (κ3) is 5.53. The topological polar surface area (TPSA) is 0 Å². The molecule has 0 aromatic rings. The van der Waals surface area contributed by atoms with Gasteiger partial charge < -0.3 is 0 Å². The Morgan fingerprint density at radius 1 is 0.812 bits per heavy atom. The third-order valence-electron chi connectivity index (χ3n) is 3.80. The molecule has 0 heterocycles. The van der Waals surface area contributed by atoms with Gasteiger partial charge in [-0.15, -0.1) is 0 Å². The molecule has 16 heavy (non-hydrogen) atoms. The fourth-order valence-corrected chi connectivity index (χ4v) is 2.19. The van der Waals surface area contributed by atoms with Crippen molar-refractivity contribution >= 4 is 0 Å². The summed E-state index contributed by atoms with van der Waals surface area (Å²) in [6, 6.07) is 0. The highest BCUT2D eigenvalue weighted by molar-refractivity contribution is 5.02. The van der Waals surface area contributed by atoms with Crippen LogP contribution in [0.2, 0.25) is 0 Å². The van der Waals surface area contributed by atoms with E-state index in [-0.39, 0.29) is 0 Å². The number of allylic oxidation sites excluding steroid dienone is 4. The first-order valence-electron chi connectivity index (χ1n) is 6.89. The molecule has 2 aliphatic carbocycles. The zero-order valence-electron chi connectivity index (χ0n) is 11.6. The molecule has 0 aromatic carbocycles. The second kappa shape index (κ2) is 6.93. The summed E-state index contributed by atoms with van der Waals surface area (Å²) < 4.78 is 0. The van der Waals surface area contributed by atoms with Crippen LogP contribution >= 0.6 is 0 Å². The molecule has 0 saturated heterocycles. The Morgan fingerprint density at radius 3 is 1.38 bits per heavy atom. The standard InChI is InChI=1S/2C8H14/c2*1-7-3-5-8(2)6-4-7/h2*3,8H,4-6H2,1-2H3. The first kappa shape index (κ1) is 13.5. The van der Waals surface area contributed by atoms with Crippen molar-refractivity contribution in [2.75, 3.05) is 0 Å². The molecule has 0 amide bonds. The van der Waals surface area contributed by atoms with Crippen LogP contribution in [0.25, 0.3) is 0 Å². The molecule has 0 spiro atoms. The van der Waals surface area contributed by atoms with E-state index in [9.17, 15) is 0 Å². The molecule has 2 aliphatic rings. The van der Waals surface area contributed by atoms with Gasteiger partial charge in [-0.3, -0.25) is 0 Å². The van der Waals surface area contributed by atoms with Crippen molar-refractivity contribution in [3.05, 3.63) is 23.3 Å². The molecule has 0 aliphatic heterocycles. The first-order valence-corrected chi connectivity index (χ1v) is 6.89. The van der Waals surface area contributed by atoms with Crippen molar-refractivity contribution in [1.82, 2.24) is 0 Å². The Kier molecular flexibility index (Phi) is 5.87. The molecule has 0 bridgehead atoms. The molecule has 0 saturated carbocycles. The summed E-state index contributed by atoms with van der Waals surface area (Å²) in [5.41, 5.74) is 3.17. The van der Waals surface area contributed by atoms with Gasteiger partial charge in [0.25, 0.3) is 0 Å². The molecule has 0 heteroatoms. The lowest BCUT2D eigenvalue weighted by atomic mass is 9.92. The lowest BCUT2D eigenvalue weighted by Crippen LogP contribution is -1.98. The van der Waals surface area contributed by atoms with E-state index in [2.05, 4.69) is 39.8 Å². The summed E-state index contributed by atoms with van der Waals surface area (Å²) in [5, 5.41) is 0. The van der Waals surface area contributed by atoms with E-state index in [1.54, 1.807) is 11.1 Å². The quantitative estimate of drug-likeness (QED) is 0.472. The molecular weight excluding hydrogens is 192 g/mol. The first-order chi connectivity index (χ1) is 7.58. The lowest BCUT2D eigenvalue weighted by molar-refractivity contribution is 0.514. The Morgan fingerprint density at radius 2 is 1.19 bits per heavy atom. The van der Waals surface area contributed by atoms with Crippen LogP contribution < -0.4 is 0 Å². The van der Waals surface area contributed by atoms with Crippen LogP contribution in [0, 0.1) is 11.8 Å². The largest absolute Gasteiger partial charge is 0.0853 e. The average Bonchev–Trinajstić information content (AvgIpc) is 2.28. The van der Waals surface area contributed by atoms with Gasteiger partial charge in [-0.05, 0) is 64.2 Å². The molecule has 0 N–H and O–H groups in total. The summed E-state index contributed by atoms with van der Waals surface area (Å²) in [5.74, 6) is 1.89. The normalized spacial score (nSPS) is 29.8. The summed E-state index contributed by atoms with van der Waals surface area (Å²) >= 11 is 0. The highest BCUT2D eigenvalue weighted by Crippen LogP contribution is 2.22. The van der Waals surface area contributed by atoms with Crippen LogP contribution in [-0.4, -0.2) is 0 Å². The summed E-state index contributed by atoms with van der Waals surface area (Å²) in [4.78, 5) is 0. The van der Waals surface area contributed by atoms with E-state index in [1.165, 1.54) is 38.5 Å². The highest BCUT2D eigenvalue weighted by atomic mass is 14.1. The minimum Gasteiger partial charge on any atom is -0.0853 e. The highest BCUT2D eigenvalue weighted by Gasteiger charge is 2.05. The van der Waals surface area contributed by atoms with Crippen LogP contribution in [0.4, 0.5) is 0 Å². The number of hydrogen-bond acceptors (Lipinski definition) is 0.